The number of methoxy groups -OCH3 is 2. The number of pyridine rings is 1. The second-order valence-electron chi connectivity index (χ2n) is 22.9. The number of piperazine rings is 1. The number of nitrogens with one attached hydrogen (secondary N) is 1. The van der Waals surface area contributed by atoms with Crippen LogP contribution in [0.3, 0.4) is 0 Å². The van der Waals surface area contributed by atoms with Gasteiger partial charge >= 0.3 is 11.8 Å². The van der Waals surface area contributed by atoms with Crippen molar-refractivity contribution in [2.45, 2.75) is 117 Å². The van der Waals surface area contributed by atoms with E-state index in [4.69, 9.17) is 23.7 Å². The number of aromatic hydroxyl groups is 3. The number of hydrogen-bond donors (Lipinski definition) is 7. The first-order chi connectivity index (χ1) is 39.8. The molecule has 6 aliphatic rings. The van der Waals surface area contributed by atoms with Crippen molar-refractivity contribution in [2.24, 2.45) is 28.8 Å². The number of aliphatic hydroxyl groups is 3. The van der Waals surface area contributed by atoms with Gasteiger partial charge in [0.05, 0.1) is 76.6 Å². The summed E-state index contributed by atoms with van der Waals surface area (Å²) in [4.78, 5) is 57.4. The maximum absolute atomic E-state index is 14.9. The molecule has 1 saturated carbocycles. The number of rotatable bonds is 8. The highest BCUT2D eigenvalue weighted by Gasteiger charge is 2.50. The van der Waals surface area contributed by atoms with Gasteiger partial charge in [-0.25, -0.2) is 4.39 Å². The van der Waals surface area contributed by atoms with Gasteiger partial charge in [0, 0.05) is 113 Å². The zero-order valence-electron chi connectivity index (χ0n) is 49.6. The second kappa shape index (κ2) is 25.3. The molecule has 7 N–H and O–H groups in total. The number of phenolic OH excluding ortho intramolecular Hbond substituents is 3. The number of phenols is 3. The number of likely N-dealkylation sites (N-methyl/N-ethyl adjacent to an activating group) is 1. The molecule has 1 amide bonds. The van der Waals surface area contributed by atoms with E-state index < -0.39 is 100 Å². The van der Waals surface area contributed by atoms with E-state index in [1.54, 1.807) is 51.1 Å². The van der Waals surface area contributed by atoms with E-state index in [-0.39, 0.29) is 67.2 Å². The second-order valence-corrected chi connectivity index (χ2v) is 22.9. The highest BCUT2D eigenvalue weighted by atomic mass is 19.1. The Balaban J connectivity index is 0.000000303. The monoisotopic (exact) mass is 1170 g/mol. The number of benzene rings is 3. The minimum atomic E-state index is -2.04. The molecule has 0 spiro atoms. The van der Waals surface area contributed by atoms with E-state index >= 15 is 0 Å². The van der Waals surface area contributed by atoms with Crippen LogP contribution in [0.25, 0.3) is 27.4 Å². The van der Waals surface area contributed by atoms with Crippen LogP contribution in [0.2, 0.25) is 0 Å². The van der Waals surface area contributed by atoms with Crippen molar-refractivity contribution in [3.8, 4) is 28.7 Å². The number of anilines is 2. The van der Waals surface area contributed by atoms with Crippen molar-refractivity contribution in [1.82, 2.24) is 14.5 Å². The molecule has 3 aromatic carbocycles. The van der Waals surface area contributed by atoms with E-state index in [1.807, 2.05) is 16.5 Å². The Hall–Kier alpha value is -7.66. The van der Waals surface area contributed by atoms with Crippen LogP contribution >= 0.6 is 0 Å². The number of nitrogens with zero attached hydrogens (tertiary/aromatic N) is 5. The molecule has 0 unspecified atom stereocenters. The van der Waals surface area contributed by atoms with Gasteiger partial charge in [-0.2, -0.15) is 5.10 Å². The van der Waals surface area contributed by atoms with Crippen molar-refractivity contribution in [3.63, 3.8) is 0 Å². The molecule has 454 valence electrons. The lowest BCUT2D eigenvalue weighted by atomic mass is 9.78. The van der Waals surface area contributed by atoms with Gasteiger partial charge in [0.2, 0.25) is 5.43 Å². The van der Waals surface area contributed by atoms with Crippen molar-refractivity contribution in [1.29, 1.82) is 0 Å². The molecule has 21 nitrogen and oxygen atoms in total. The van der Waals surface area contributed by atoms with E-state index in [0.29, 0.717) is 30.0 Å². The number of esters is 1. The number of fused-ring (bicyclic) bond motifs is 15. The lowest BCUT2D eigenvalue weighted by molar-refractivity contribution is -0.160. The van der Waals surface area contributed by atoms with Gasteiger partial charge in [-0.1, -0.05) is 52.5 Å². The summed E-state index contributed by atoms with van der Waals surface area (Å²) in [5.41, 5.74) is 0.358. The number of carbonyl (C=O) groups is 3. The fourth-order valence-electron chi connectivity index (χ4n) is 11.6. The van der Waals surface area contributed by atoms with Crippen LogP contribution < -0.4 is 25.1 Å². The Kier molecular flexibility index (Phi) is 18.8. The largest absolute Gasteiger partial charge is 0.508 e. The summed E-state index contributed by atoms with van der Waals surface area (Å²) in [6.45, 7) is 20.1. The van der Waals surface area contributed by atoms with Crippen molar-refractivity contribution in [2.75, 3.05) is 70.8 Å². The van der Waals surface area contributed by atoms with E-state index in [1.165, 1.54) is 72.6 Å². The molecule has 5 bridgehead atoms. The van der Waals surface area contributed by atoms with Gasteiger partial charge in [0.1, 0.15) is 34.8 Å². The van der Waals surface area contributed by atoms with Gasteiger partial charge < -0.3 is 74.0 Å². The van der Waals surface area contributed by atoms with Crippen LogP contribution in [0.15, 0.2) is 64.9 Å². The molecule has 6 heterocycles. The van der Waals surface area contributed by atoms with Crippen LogP contribution in [0, 0.1) is 36.4 Å². The molecule has 84 heavy (non-hydrogen) atoms. The number of halogens is 1. The number of Topliss-reactive ketones (excluding diaryl/α,β-unsaturated/α-hetero) is 1. The van der Waals surface area contributed by atoms with Crippen molar-refractivity contribution < 1.29 is 73.1 Å². The Morgan fingerprint density at radius 2 is 1.58 bits per heavy atom. The minimum absolute atomic E-state index is 0.0559. The van der Waals surface area contributed by atoms with Crippen LogP contribution in [0.5, 0.6) is 28.7 Å². The molecule has 1 aliphatic carbocycles. The van der Waals surface area contributed by atoms with E-state index in [0.717, 1.165) is 51.9 Å². The first-order valence-corrected chi connectivity index (χ1v) is 28.4. The standard InChI is InChI=1S/C43H58N4O12.C19H21FN2O3/c1-21-12-11-13-22(2)42(55)45-33-28(20-44-47-17-15-46(9)16-18-47)37(52)30-31(38(33)53)36(51)26(6)40-32(30)41(54)43(8,59-40)57-19-14-29(56-10)23(3)39(58-27(7)48)25(5)35(50)24(4)34(21)49;1-11(23)14-10-22(12-5-6-12)16-13(18(14)24)9-15(20)17(19(16)25-2)21-7-3-4-8-21/h11-14,19-21,23-25,29,34-35,39,49-53H,15-18H2,1-10H3,(H,45,55);9-10,12,23H,1,3-8H2,2H3/b12-11+,19-14+,22-13-,44-20+;/t21-,23+,24+,25+,29-,34-,35+,39+,43-;/m0./s1. The summed E-state index contributed by atoms with van der Waals surface area (Å²) < 4.78 is 46.1. The van der Waals surface area contributed by atoms with Gasteiger partial charge in [0.15, 0.2) is 17.3 Å². The summed E-state index contributed by atoms with van der Waals surface area (Å²) in [6, 6.07) is 1.51. The number of ketones is 1. The zero-order valence-corrected chi connectivity index (χ0v) is 49.6. The maximum atomic E-state index is 14.9. The van der Waals surface area contributed by atoms with Gasteiger partial charge in [0.25, 0.3) is 11.7 Å². The number of carbonyl (C=O) groups excluding carboxylic acids is 3. The molecular formula is C62H79FN6O15. The molecule has 10 rings (SSSR count). The summed E-state index contributed by atoms with van der Waals surface area (Å²) in [7, 11) is 4.93. The highest BCUT2D eigenvalue weighted by molar-refractivity contribution is 6.24. The summed E-state index contributed by atoms with van der Waals surface area (Å²) in [5, 5.41) is 76.8. The molecule has 3 fully saturated rings. The topological polar surface area (TPSA) is 275 Å². The number of hydrogen-bond acceptors (Lipinski definition) is 19. The number of ether oxygens (including phenoxy) is 5. The summed E-state index contributed by atoms with van der Waals surface area (Å²) in [6.07, 6.45) is 10.5. The van der Waals surface area contributed by atoms with E-state index in [9.17, 15) is 54.2 Å². The molecule has 9 atom stereocenters. The Bertz CT molecular complexity index is 3410. The highest BCUT2D eigenvalue weighted by Crippen LogP contribution is 2.55. The Morgan fingerprint density at radius 1 is 0.917 bits per heavy atom. The quantitative estimate of drug-likeness (QED) is 0.0290. The third kappa shape index (κ3) is 12.2. The number of allylic oxidation sites excluding steroid dienone is 2. The number of amides is 1. The number of hydrazone groups is 1. The molecule has 2 saturated heterocycles. The smallest absolute Gasteiger partial charge is 0.312 e. The molecule has 4 aromatic rings. The normalized spacial score (nSPS) is 27.7. The Morgan fingerprint density at radius 3 is 2.19 bits per heavy atom. The summed E-state index contributed by atoms with van der Waals surface area (Å²) in [5.74, 6) is -8.71. The Labute approximate surface area is 487 Å². The molecule has 1 aromatic heterocycles. The van der Waals surface area contributed by atoms with Crippen LogP contribution in [0.4, 0.5) is 15.8 Å². The summed E-state index contributed by atoms with van der Waals surface area (Å²) >= 11 is 0. The van der Waals surface area contributed by atoms with Crippen molar-refractivity contribution in [3.05, 3.63) is 93.3 Å². The number of aliphatic hydroxyl groups excluding tert-OH is 3. The lowest BCUT2D eigenvalue weighted by Crippen LogP contribution is -2.46. The number of aromatic nitrogens is 1. The average Bonchev–Trinajstić information content (AvgIpc) is 1.51. The predicted octanol–water partition coefficient (Wildman–Crippen LogP) is 7.95. The molecule has 5 aliphatic heterocycles. The molecular weight excluding hydrogens is 1090 g/mol. The van der Waals surface area contributed by atoms with Crippen LogP contribution in [-0.2, 0) is 23.8 Å². The fourth-order valence-corrected chi connectivity index (χ4v) is 11.6. The average molecular weight is 1170 g/mol. The first-order valence-electron chi connectivity index (χ1n) is 28.4. The van der Waals surface area contributed by atoms with Crippen molar-refractivity contribution >= 4 is 62.7 Å². The van der Waals surface area contributed by atoms with Gasteiger partial charge in [-0.15, -0.1) is 0 Å². The van der Waals surface area contributed by atoms with Crippen LogP contribution in [-0.4, -0.2) is 160 Å². The van der Waals surface area contributed by atoms with Gasteiger partial charge in [-0.3, -0.25) is 24.2 Å². The third-order valence-electron chi connectivity index (χ3n) is 16.9. The SMILES string of the molecule is C=C(O)c1cn(C2CC2)c2c(OC)c(N3CCCC3)c(F)cc2c1=O.CO[C@H]1/C=C/O[C@@]2(C)Oc3c(C)c(O)c4c(O)c(c(/C=N/N5CCN(C)CC5)c(O)c4c3C2=O)NC(=O)/C(C)=C\C=C\[C@H](C)[C@H](O)[C@@H](C)[C@@H](O)[C@@H](C)[C@H](OC(C)=O)[C@@H]1C. The maximum Gasteiger partial charge on any atom is 0.312 e. The fraction of sp³-hybridized carbons (Fsp3) is 0.500. The molecule has 22 heteroatoms. The predicted molar refractivity (Wildman–Crippen MR) is 317 cm³/mol. The van der Waals surface area contributed by atoms with E-state index in [2.05, 4.69) is 21.9 Å². The molecule has 0 radical (unpaired) electrons. The zero-order chi connectivity index (χ0) is 61.4. The van der Waals surface area contributed by atoms with Gasteiger partial charge in [-0.05, 0) is 58.7 Å². The minimum Gasteiger partial charge on any atom is -0.508 e. The lowest BCUT2D eigenvalue weighted by Gasteiger charge is -2.38. The van der Waals surface area contributed by atoms with Crippen LogP contribution in [0.1, 0.15) is 107 Å². The third-order valence-corrected chi connectivity index (χ3v) is 16.9. The first kappa shape index (κ1) is 62.4.